The van der Waals surface area contributed by atoms with Crippen LogP contribution in [0.3, 0.4) is 0 Å². The second-order valence-corrected chi connectivity index (χ2v) is 5.55. The average Bonchev–Trinajstić information content (AvgIpc) is 2.97. The Kier molecular flexibility index (Phi) is 5.41. The van der Waals surface area contributed by atoms with Crippen molar-refractivity contribution in [1.29, 1.82) is 0 Å². The zero-order valence-corrected chi connectivity index (χ0v) is 13.8. The lowest BCUT2D eigenvalue weighted by atomic mass is 10.3. The van der Waals surface area contributed by atoms with Crippen LogP contribution in [0.4, 0.5) is 10.6 Å². The summed E-state index contributed by atoms with van der Waals surface area (Å²) in [5, 5.41) is 8.16. The van der Waals surface area contributed by atoms with E-state index in [0.29, 0.717) is 12.4 Å². The zero-order valence-electron chi connectivity index (χ0n) is 13.8. The number of anilines is 1. The normalized spacial score (nSPS) is 17.5. The van der Waals surface area contributed by atoms with Crippen LogP contribution in [0.1, 0.15) is 20.3 Å². The number of hydrogen-bond acceptors (Lipinski definition) is 5. The quantitative estimate of drug-likeness (QED) is 0.824. The van der Waals surface area contributed by atoms with Crippen LogP contribution in [0.25, 0.3) is 0 Å². The van der Waals surface area contributed by atoms with Crippen LogP contribution in [0, 0.1) is 0 Å². The number of amides is 2. The van der Waals surface area contributed by atoms with E-state index in [0.717, 1.165) is 31.9 Å². The monoisotopic (exact) mass is 307 g/mol. The molecule has 0 radical (unpaired) electrons. The van der Waals surface area contributed by atoms with Gasteiger partial charge in [0.2, 0.25) is 5.88 Å². The maximum atomic E-state index is 12.3. The van der Waals surface area contributed by atoms with Gasteiger partial charge in [0, 0.05) is 46.2 Å². The molecule has 1 aliphatic rings. The molecule has 7 nitrogen and oxygen atoms in total. The van der Waals surface area contributed by atoms with E-state index >= 15 is 0 Å². The van der Waals surface area contributed by atoms with Crippen LogP contribution >= 0.6 is 0 Å². The lowest BCUT2D eigenvalue weighted by molar-refractivity contribution is 0.154. The molecule has 0 saturated carbocycles. The number of carbonyl (C=O) groups excluding carboxylic acids is 1. The minimum Gasteiger partial charge on any atom is -0.471 e. The summed E-state index contributed by atoms with van der Waals surface area (Å²) in [6.07, 6.45) is 0.809. The Bertz CT molecular complexity index is 487. The SMILES string of the molecule is CCN(CC)C(=O)N1CCC(Oc2ccc(N(C)C)nn2)C1. The Morgan fingerprint density at radius 1 is 1.32 bits per heavy atom. The molecule has 0 bridgehead atoms. The molecule has 0 aliphatic carbocycles. The largest absolute Gasteiger partial charge is 0.471 e. The number of carbonyl (C=O) groups is 1. The summed E-state index contributed by atoms with van der Waals surface area (Å²) in [7, 11) is 3.83. The van der Waals surface area contributed by atoms with Gasteiger partial charge in [-0.25, -0.2) is 4.79 Å². The first-order chi connectivity index (χ1) is 10.5. The third-order valence-electron chi connectivity index (χ3n) is 3.82. The highest BCUT2D eigenvalue weighted by molar-refractivity contribution is 5.74. The predicted molar refractivity (Wildman–Crippen MR) is 85.3 cm³/mol. The van der Waals surface area contributed by atoms with Gasteiger partial charge in [-0.3, -0.25) is 0 Å². The molecule has 0 N–H and O–H groups in total. The molecule has 1 aliphatic heterocycles. The van der Waals surface area contributed by atoms with E-state index in [9.17, 15) is 4.79 Å². The Morgan fingerprint density at radius 3 is 2.59 bits per heavy atom. The standard InChI is InChI=1S/C15H25N5O2/c1-5-19(6-2)15(21)20-10-9-12(11-20)22-14-8-7-13(16-17-14)18(3)4/h7-8,12H,5-6,9-11H2,1-4H3. The molecule has 0 aromatic carbocycles. The van der Waals surface area contributed by atoms with E-state index in [-0.39, 0.29) is 12.1 Å². The van der Waals surface area contributed by atoms with E-state index < -0.39 is 0 Å². The van der Waals surface area contributed by atoms with Gasteiger partial charge in [0.15, 0.2) is 5.82 Å². The number of likely N-dealkylation sites (tertiary alicyclic amines) is 1. The minimum absolute atomic E-state index is 0.0148. The van der Waals surface area contributed by atoms with Crippen LogP contribution in [-0.2, 0) is 0 Å². The van der Waals surface area contributed by atoms with Crippen molar-refractivity contribution in [3.8, 4) is 5.88 Å². The van der Waals surface area contributed by atoms with Crippen molar-refractivity contribution in [2.45, 2.75) is 26.4 Å². The number of ether oxygens (including phenoxy) is 1. The summed E-state index contributed by atoms with van der Waals surface area (Å²) >= 11 is 0. The van der Waals surface area contributed by atoms with E-state index in [4.69, 9.17) is 4.74 Å². The zero-order chi connectivity index (χ0) is 16.1. The lowest BCUT2D eigenvalue weighted by Crippen LogP contribution is -2.42. The first-order valence-electron chi connectivity index (χ1n) is 7.76. The topological polar surface area (TPSA) is 61.8 Å². The van der Waals surface area contributed by atoms with Gasteiger partial charge in [0.05, 0.1) is 6.54 Å². The Balaban J connectivity index is 1.89. The minimum atomic E-state index is -0.0148. The molecule has 2 rings (SSSR count). The highest BCUT2D eigenvalue weighted by Gasteiger charge is 2.29. The molecule has 1 saturated heterocycles. The highest BCUT2D eigenvalue weighted by atomic mass is 16.5. The number of rotatable bonds is 5. The fourth-order valence-electron chi connectivity index (χ4n) is 2.48. The summed E-state index contributed by atoms with van der Waals surface area (Å²) < 4.78 is 5.83. The van der Waals surface area contributed by atoms with Crippen LogP contribution in [-0.4, -0.2) is 72.4 Å². The molecule has 1 aromatic rings. The molecule has 2 heterocycles. The van der Waals surface area contributed by atoms with E-state index in [2.05, 4.69) is 10.2 Å². The summed E-state index contributed by atoms with van der Waals surface area (Å²) in [6, 6.07) is 3.78. The fourth-order valence-corrected chi connectivity index (χ4v) is 2.48. The van der Waals surface area contributed by atoms with Gasteiger partial charge in [-0.2, -0.15) is 0 Å². The molecule has 1 unspecified atom stereocenters. The lowest BCUT2D eigenvalue weighted by Gasteiger charge is -2.25. The smallest absolute Gasteiger partial charge is 0.320 e. The predicted octanol–water partition coefficient (Wildman–Crippen LogP) is 1.46. The van der Waals surface area contributed by atoms with Crippen molar-refractivity contribution < 1.29 is 9.53 Å². The van der Waals surface area contributed by atoms with Gasteiger partial charge < -0.3 is 19.4 Å². The molecule has 1 atom stereocenters. The van der Waals surface area contributed by atoms with Gasteiger partial charge in [0.25, 0.3) is 0 Å². The summed E-state index contributed by atoms with van der Waals surface area (Å²) in [5.74, 6) is 1.30. The van der Waals surface area contributed by atoms with Crippen molar-refractivity contribution in [2.24, 2.45) is 0 Å². The second-order valence-electron chi connectivity index (χ2n) is 5.55. The average molecular weight is 307 g/mol. The van der Waals surface area contributed by atoms with Crippen molar-refractivity contribution in [3.63, 3.8) is 0 Å². The number of hydrogen-bond donors (Lipinski definition) is 0. The number of nitrogens with zero attached hydrogens (tertiary/aromatic N) is 5. The van der Waals surface area contributed by atoms with Gasteiger partial charge in [-0.15, -0.1) is 10.2 Å². The van der Waals surface area contributed by atoms with Gasteiger partial charge in [0.1, 0.15) is 6.10 Å². The number of urea groups is 1. The second kappa shape index (κ2) is 7.29. The van der Waals surface area contributed by atoms with E-state index in [1.165, 1.54) is 0 Å². The van der Waals surface area contributed by atoms with Crippen molar-refractivity contribution in [1.82, 2.24) is 20.0 Å². The van der Waals surface area contributed by atoms with E-state index in [1.54, 1.807) is 0 Å². The van der Waals surface area contributed by atoms with Crippen molar-refractivity contribution in [3.05, 3.63) is 12.1 Å². The molecule has 122 valence electrons. The van der Waals surface area contributed by atoms with E-state index in [1.807, 2.05) is 54.8 Å². The molecule has 1 fully saturated rings. The summed E-state index contributed by atoms with van der Waals surface area (Å²) in [4.78, 5) is 17.8. The molecular formula is C15H25N5O2. The maximum absolute atomic E-state index is 12.3. The summed E-state index contributed by atoms with van der Waals surface area (Å²) in [6.45, 7) is 6.78. The molecule has 7 heteroatoms. The van der Waals surface area contributed by atoms with Gasteiger partial charge in [-0.05, 0) is 19.9 Å². The molecule has 0 spiro atoms. The third kappa shape index (κ3) is 3.78. The van der Waals surface area contributed by atoms with Crippen molar-refractivity contribution in [2.75, 3.05) is 45.2 Å². The van der Waals surface area contributed by atoms with Gasteiger partial charge >= 0.3 is 6.03 Å². The first-order valence-corrected chi connectivity index (χ1v) is 7.76. The maximum Gasteiger partial charge on any atom is 0.320 e. The highest BCUT2D eigenvalue weighted by Crippen LogP contribution is 2.18. The Morgan fingerprint density at radius 2 is 2.05 bits per heavy atom. The van der Waals surface area contributed by atoms with Crippen LogP contribution in [0.5, 0.6) is 5.88 Å². The number of aromatic nitrogens is 2. The van der Waals surface area contributed by atoms with Gasteiger partial charge in [-0.1, -0.05) is 0 Å². The molecular weight excluding hydrogens is 282 g/mol. The first kappa shape index (κ1) is 16.3. The van der Waals surface area contributed by atoms with Crippen LogP contribution in [0.2, 0.25) is 0 Å². The fraction of sp³-hybridized carbons (Fsp3) is 0.667. The van der Waals surface area contributed by atoms with Crippen LogP contribution in [0.15, 0.2) is 12.1 Å². The molecule has 1 aromatic heterocycles. The Labute approximate surface area is 131 Å². The summed E-state index contributed by atoms with van der Waals surface area (Å²) in [5.41, 5.74) is 0. The van der Waals surface area contributed by atoms with Crippen LogP contribution < -0.4 is 9.64 Å². The Hall–Kier alpha value is -2.05. The molecule has 2 amide bonds. The van der Waals surface area contributed by atoms with Crippen molar-refractivity contribution >= 4 is 11.8 Å². The third-order valence-corrected chi connectivity index (χ3v) is 3.82. The molecule has 22 heavy (non-hydrogen) atoms.